The minimum absolute atomic E-state index is 0.0374. The van der Waals surface area contributed by atoms with Gasteiger partial charge in [0, 0.05) is 12.1 Å². The molecule has 0 spiro atoms. The van der Waals surface area contributed by atoms with Crippen LogP contribution in [-0.4, -0.2) is 28.5 Å². The van der Waals surface area contributed by atoms with Crippen molar-refractivity contribution in [1.82, 2.24) is 10.4 Å². The van der Waals surface area contributed by atoms with Crippen molar-refractivity contribution in [1.29, 1.82) is 0 Å². The largest absolute Gasteiger partial charge is 0.332 e. The number of rotatable bonds is 4. The maximum Gasteiger partial charge on any atom is 0.250 e. The van der Waals surface area contributed by atoms with Crippen LogP contribution in [0.25, 0.3) is 0 Å². The van der Waals surface area contributed by atoms with Gasteiger partial charge >= 0.3 is 0 Å². The van der Waals surface area contributed by atoms with Gasteiger partial charge in [-0.05, 0) is 18.9 Å². The Morgan fingerprint density at radius 2 is 2.10 bits per heavy atom. The molecule has 5 heteroatoms. The lowest BCUT2D eigenvalue weighted by Crippen LogP contribution is -2.38. The smallest absolute Gasteiger partial charge is 0.250 e. The van der Waals surface area contributed by atoms with Crippen LogP contribution in [0.1, 0.15) is 31.4 Å². The predicted molar refractivity (Wildman–Crippen MR) is 73.8 cm³/mol. The highest BCUT2D eigenvalue weighted by molar-refractivity contribution is 5.99. The molecule has 2 amide bonds. The molecule has 0 radical (unpaired) electrons. The van der Waals surface area contributed by atoms with E-state index in [0.29, 0.717) is 12.1 Å². The standard InChI is InChI=1S/C15H18N2O3/c1-11(12-6-3-2-4-7-12)17-9-5-8-13(15(17)19)10-14(18)16-20/h2-4,6-8,11,20H,5,9-10H2,1H3,(H,16,18). The number of benzene rings is 1. The lowest BCUT2D eigenvalue weighted by molar-refractivity contribution is -0.133. The molecule has 1 atom stereocenters. The first-order valence-corrected chi connectivity index (χ1v) is 6.61. The first-order valence-electron chi connectivity index (χ1n) is 6.61. The molecule has 0 bridgehead atoms. The van der Waals surface area contributed by atoms with E-state index in [4.69, 9.17) is 5.21 Å². The Morgan fingerprint density at radius 3 is 2.75 bits per heavy atom. The van der Waals surface area contributed by atoms with Crippen molar-refractivity contribution in [3.63, 3.8) is 0 Å². The minimum atomic E-state index is -0.571. The van der Waals surface area contributed by atoms with Crippen molar-refractivity contribution >= 4 is 11.8 Å². The summed E-state index contributed by atoms with van der Waals surface area (Å²) in [4.78, 5) is 25.3. The molecule has 0 saturated heterocycles. The zero-order chi connectivity index (χ0) is 14.5. The molecule has 1 aliphatic rings. The van der Waals surface area contributed by atoms with Crippen molar-refractivity contribution in [2.45, 2.75) is 25.8 Å². The summed E-state index contributed by atoms with van der Waals surface area (Å²) in [5.74, 6) is -0.713. The van der Waals surface area contributed by atoms with Gasteiger partial charge in [-0.2, -0.15) is 0 Å². The summed E-state index contributed by atoms with van der Waals surface area (Å²) >= 11 is 0. The maximum atomic E-state index is 12.4. The summed E-state index contributed by atoms with van der Waals surface area (Å²) in [7, 11) is 0. The monoisotopic (exact) mass is 274 g/mol. The maximum absolute atomic E-state index is 12.4. The number of hydrogen-bond acceptors (Lipinski definition) is 3. The fraction of sp³-hybridized carbons (Fsp3) is 0.333. The third-order valence-electron chi connectivity index (χ3n) is 3.52. The van der Waals surface area contributed by atoms with E-state index in [0.717, 1.165) is 12.0 Å². The van der Waals surface area contributed by atoms with Crippen LogP contribution >= 0.6 is 0 Å². The van der Waals surface area contributed by atoms with E-state index in [1.807, 2.05) is 37.3 Å². The second-order valence-corrected chi connectivity index (χ2v) is 4.81. The number of nitrogens with one attached hydrogen (secondary N) is 1. The SMILES string of the molecule is CC(c1ccccc1)N1CCC=C(CC(=O)NO)C1=O. The molecule has 0 aliphatic carbocycles. The van der Waals surface area contributed by atoms with E-state index in [1.54, 1.807) is 16.5 Å². The number of amides is 2. The third-order valence-corrected chi connectivity index (χ3v) is 3.52. The van der Waals surface area contributed by atoms with E-state index < -0.39 is 5.91 Å². The van der Waals surface area contributed by atoms with Crippen molar-refractivity contribution in [2.75, 3.05) is 6.54 Å². The molecule has 2 N–H and O–H groups in total. The number of hydroxylamine groups is 1. The first kappa shape index (κ1) is 14.3. The fourth-order valence-electron chi connectivity index (χ4n) is 2.39. The van der Waals surface area contributed by atoms with Crippen LogP contribution in [0.5, 0.6) is 0 Å². The zero-order valence-corrected chi connectivity index (χ0v) is 11.4. The van der Waals surface area contributed by atoms with Crippen LogP contribution in [0.4, 0.5) is 0 Å². The Balaban J connectivity index is 2.13. The molecule has 1 aromatic carbocycles. The highest BCUT2D eigenvalue weighted by Crippen LogP contribution is 2.25. The molecule has 106 valence electrons. The zero-order valence-electron chi connectivity index (χ0n) is 11.4. The van der Waals surface area contributed by atoms with Crippen LogP contribution in [0.2, 0.25) is 0 Å². The van der Waals surface area contributed by atoms with Crippen LogP contribution in [0, 0.1) is 0 Å². The van der Waals surface area contributed by atoms with Gasteiger partial charge in [-0.25, -0.2) is 5.48 Å². The first-order chi connectivity index (χ1) is 9.63. The van der Waals surface area contributed by atoms with Gasteiger partial charge in [0.15, 0.2) is 0 Å². The summed E-state index contributed by atoms with van der Waals surface area (Å²) in [6.45, 7) is 2.61. The summed E-state index contributed by atoms with van der Waals surface area (Å²) in [6.07, 6.45) is 2.40. The van der Waals surface area contributed by atoms with Crippen molar-refractivity contribution < 1.29 is 14.8 Å². The van der Waals surface area contributed by atoms with Gasteiger partial charge in [-0.3, -0.25) is 14.8 Å². The molecule has 1 unspecified atom stereocenters. The lowest BCUT2D eigenvalue weighted by atomic mass is 10.0. The van der Waals surface area contributed by atoms with Crippen molar-refractivity contribution in [2.24, 2.45) is 0 Å². The highest BCUT2D eigenvalue weighted by atomic mass is 16.5. The average Bonchev–Trinajstić information content (AvgIpc) is 2.49. The molecule has 0 fully saturated rings. The van der Waals surface area contributed by atoms with Gasteiger partial charge in [0.2, 0.25) is 11.8 Å². The number of carbonyl (C=O) groups excluding carboxylic acids is 2. The van der Waals surface area contributed by atoms with Crippen molar-refractivity contribution in [3.8, 4) is 0 Å². The van der Waals surface area contributed by atoms with Crippen LogP contribution in [0.15, 0.2) is 42.0 Å². The summed E-state index contributed by atoms with van der Waals surface area (Å²) in [5.41, 5.74) is 3.06. The van der Waals surface area contributed by atoms with Gasteiger partial charge in [-0.15, -0.1) is 0 Å². The Kier molecular flexibility index (Phi) is 4.53. The Morgan fingerprint density at radius 1 is 1.40 bits per heavy atom. The Bertz CT molecular complexity index is 525. The van der Waals surface area contributed by atoms with Gasteiger partial charge in [0.25, 0.3) is 0 Å². The lowest BCUT2D eigenvalue weighted by Gasteiger charge is -2.32. The van der Waals surface area contributed by atoms with E-state index in [2.05, 4.69) is 0 Å². The molecule has 1 aromatic rings. The minimum Gasteiger partial charge on any atom is -0.332 e. The molecular weight excluding hydrogens is 256 g/mol. The van der Waals surface area contributed by atoms with E-state index >= 15 is 0 Å². The molecule has 0 saturated carbocycles. The van der Waals surface area contributed by atoms with E-state index in [9.17, 15) is 9.59 Å². The fourth-order valence-corrected chi connectivity index (χ4v) is 2.39. The highest BCUT2D eigenvalue weighted by Gasteiger charge is 2.27. The van der Waals surface area contributed by atoms with Gasteiger partial charge < -0.3 is 4.90 Å². The molecule has 0 aromatic heterocycles. The molecule has 20 heavy (non-hydrogen) atoms. The average molecular weight is 274 g/mol. The van der Waals surface area contributed by atoms with Crippen LogP contribution in [0.3, 0.4) is 0 Å². The van der Waals surface area contributed by atoms with Crippen LogP contribution in [-0.2, 0) is 9.59 Å². The molecule has 5 nitrogen and oxygen atoms in total. The summed E-state index contributed by atoms with van der Waals surface area (Å²) in [6, 6.07) is 9.74. The molecule has 2 rings (SSSR count). The van der Waals surface area contributed by atoms with Gasteiger partial charge in [0.05, 0.1) is 12.5 Å². The quantitative estimate of drug-likeness (QED) is 0.649. The van der Waals surface area contributed by atoms with Gasteiger partial charge in [-0.1, -0.05) is 36.4 Å². The Labute approximate surface area is 117 Å². The summed E-state index contributed by atoms with van der Waals surface area (Å²) < 4.78 is 0. The molecule has 1 aliphatic heterocycles. The number of carbonyl (C=O) groups is 2. The molecular formula is C15H18N2O3. The normalized spacial score (nSPS) is 16.6. The topological polar surface area (TPSA) is 69.6 Å². The Hall–Kier alpha value is -2.14. The van der Waals surface area contributed by atoms with Crippen LogP contribution < -0.4 is 5.48 Å². The number of nitrogens with zero attached hydrogens (tertiary/aromatic N) is 1. The third kappa shape index (κ3) is 3.05. The van der Waals surface area contributed by atoms with E-state index in [1.165, 1.54) is 0 Å². The summed E-state index contributed by atoms with van der Waals surface area (Å²) in [5, 5.41) is 8.55. The van der Waals surface area contributed by atoms with Crippen molar-refractivity contribution in [3.05, 3.63) is 47.5 Å². The van der Waals surface area contributed by atoms with Gasteiger partial charge in [0.1, 0.15) is 0 Å². The molecule has 1 heterocycles. The second kappa shape index (κ2) is 6.34. The second-order valence-electron chi connectivity index (χ2n) is 4.81. The van der Waals surface area contributed by atoms with E-state index in [-0.39, 0.29) is 18.4 Å². The number of hydrogen-bond donors (Lipinski definition) is 2. The predicted octanol–water partition coefficient (Wildman–Crippen LogP) is 1.80.